The molecular weight excluding hydrogens is 309 g/mol. The van der Waals surface area contributed by atoms with Crippen LogP contribution >= 0.6 is 0 Å². The summed E-state index contributed by atoms with van der Waals surface area (Å²) in [5, 5.41) is 5.75. The van der Waals surface area contributed by atoms with Crippen LogP contribution in [0.3, 0.4) is 0 Å². The van der Waals surface area contributed by atoms with Gasteiger partial charge in [0.25, 0.3) is 5.91 Å². The number of rotatable bonds is 6. The van der Waals surface area contributed by atoms with Crippen LogP contribution in [0, 0.1) is 11.7 Å². The second-order valence-corrected chi connectivity index (χ2v) is 5.51. The number of halogens is 1. The Kier molecular flexibility index (Phi) is 4.84. The van der Waals surface area contributed by atoms with Gasteiger partial charge in [0.1, 0.15) is 17.5 Å². The molecule has 1 aliphatic rings. The quantitative estimate of drug-likeness (QED) is 0.758. The second-order valence-electron chi connectivity index (χ2n) is 5.51. The van der Waals surface area contributed by atoms with Crippen LogP contribution in [0.4, 0.5) is 10.1 Å². The fourth-order valence-electron chi connectivity index (χ4n) is 2.54. The van der Waals surface area contributed by atoms with Gasteiger partial charge in [-0.1, -0.05) is 13.3 Å². The number of hydrogen-bond donors (Lipinski definition) is 0. The lowest BCUT2D eigenvalue weighted by Gasteiger charge is -2.12. The van der Waals surface area contributed by atoms with Gasteiger partial charge in [0.15, 0.2) is 0 Å². The molecule has 0 bridgehead atoms. The molecule has 6 heteroatoms. The zero-order valence-electron chi connectivity index (χ0n) is 13.4. The van der Waals surface area contributed by atoms with Gasteiger partial charge in [-0.05, 0) is 42.8 Å². The van der Waals surface area contributed by atoms with Crippen molar-refractivity contribution in [3.63, 3.8) is 0 Å². The summed E-state index contributed by atoms with van der Waals surface area (Å²) in [6, 6.07) is 9.35. The van der Waals surface area contributed by atoms with E-state index >= 15 is 0 Å². The summed E-state index contributed by atoms with van der Waals surface area (Å²) in [6.07, 6.45) is 4.81. The molecule has 0 fully saturated rings. The summed E-state index contributed by atoms with van der Waals surface area (Å²) in [4.78, 5) is 17.0. The van der Waals surface area contributed by atoms with Gasteiger partial charge in [-0.15, -0.1) is 0 Å². The van der Waals surface area contributed by atoms with Gasteiger partial charge in [-0.25, -0.2) is 4.39 Å². The molecule has 5 nitrogen and oxygen atoms in total. The number of anilines is 1. The van der Waals surface area contributed by atoms with E-state index in [1.807, 2.05) is 13.0 Å². The highest BCUT2D eigenvalue weighted by molar-refractivity contribution is 6.24. The van der Waals surface area contributed by atoms with Crippen molar-refractivity contribution in [3.8, 4) is 0 Å². The Labute approximate surface area is 139 Å². The van der Waals surface area contributed by atoms with E-state index in [1.165, 1.54) is 17.1 Å². The largest absolute Gasteiger partial charge is 0.467 e. The highest BCUT2D eigenvalue weighted by Gasteiger charge is 2.34. The smallest absolute Gasteiger partial charge is 0.261 e. The summed E-state index contributed by atoms with van der Waals surface area (Å²) < 4.78 is 18.3. The summed E-state index contributed by atoms with van der Waals surface area (Å²) >= 11 is 0. The molecule has 3 rings (SSSR count). The number of amides is 1. The van der Waals surface area contributed by atoms with Crippen molar-refractivity contribution in [2.24, 2.45) is 16.0 Å². The van der Waals surface area contributed by atoms with Crippen molar-refractivity contribution < 1.29 is 13.6 Å². The first kappa shape index (κ1) is 16.1. The summed E-state index contributed by atoms with van der Waals surface area (Å²) in [6.45, 7) is 2.41. The standard InChI is InChI=1S/C18H18FN3O2/c1-2-4-17-16(12-20-11-15-5-3-10-24-15)18(23)22(21-17)14-8-6-13(19)7-9-14/h3,5-10,12,16H,2,4,11H2,1H3/t16-/m1/s1. The number of hydrogen-bond acceptors (Lipinski definition) is 4. The third-order valence-corrected chi connectivity index (χ3v) is 3.72. The molecule has 0 spiro atoms. The van der Waals surface area contributed by atoms with Crippen LogP contribution < -0.4 is 5.01 Å². The molecule has 0 aliphatic carbocycles. The van der Waals surface area contributed by atoms with Crippen LogP contribution in [0.15, 0.2) is 57.2 Å². The minimum absolute atomic E-state index is 0.173. The number of furan rings is 1. The number of carbonyl (C=O) groups excluding carboxylic acids is 1. The molecule has 2 heterocycles. The second kappa shape index (κ2) is 7.21. The Morgan fingerprint density at radius 3 is 2.79 bits per heavy atom. The summed E-state index contributed by atoms with van der Waals surface area (Å²) in [5.41, 5.74) is 1.33. The molecule has 1 amide bonds. The number of benzene rings is 1. The number of carbonyl (C=O) groups is 1. The minimum atomic E-state index is -0.482. The van der Waals surface area contributed by atoms with Crippen LogP contribution in [0.25, 0.3) is 0 Å². The lowest BCUT2D eigenvalue weighted by Crippen LogP contribution is -2.28. The molecule has 1 aromatic carbocycles. The van der Waals surface area contributed by atoms with Gasteiger partial charge in [0.05, 0.1) is 24.2 Å². The van der Waals surface area contributed by atoms with Gasteiger partial charge in [0.2, 0.25) is 0 Å². The van der Waals surface area contributed by atoms with Crippen molar-refractivity contribution in [1.82, 2.24) is 0 Å². The van der Waals surface area contributed by atoms with E-state index in [1.54, 1.807) is 30.7 Å². The van der Waals surface area contributed by atoms with E-state index in [0.29, 0.717) is 18.7 Å². The first-order valence-corrected chi connectivity index (χ1v) is 7.88. The molecule has 0 radical (unpaired) electrons. The van der Waals surface area contributed by atoms with E-state index in [-0.39, 0.29) is 11.7 Å². The van der Waals surface area contributed by atoms with E-state index in [9.17, 15) is 9.18 Å². The van der Waals surface area contributed by atoms with Crippen molar-refractivity contribution >= 4 is 23.5 Å². The summed E-state index contributed by atoms with van der Waals surface area (Å²) in [7, 11) is 0. The Balaban J connectivity index is 1.78. The van der Waals surface area contributed by atoms with Crippen LogP contribution in [0.1, 0.15) is 25.5 Å². The maximum atomic E-state index is 13.1. The molecule has 1 atom stereocenters. The normalized spacial score (nSPS) is 17.8. The Morgan fingerprint density at radius 2 is 2.12 bits per heavy atom. The van der Waals surface area contributed by atoms with Crippen molar-refractivity contribution in [1.29, 1.82) is 0 Å². The molecular formula is C18H18FN3O2. The van der Waals surface area contributed by atoms with Crippen molar-refractivity contribution in [2.75, 3.05) is 5.01 Å². The number of nitrogens with zero attached hydrogens (tertiary/aromatic N) is 3. The molecule has 0 unspecified atom stereocenters. The van der Waals surface area contributed by atoms with Gasteiger partial charge < -0.3 is 4.42 Å². The van der Waals surface area contributed by atoms with Crippen molar-refractivity contribution in [3.05, 3.63) is 54.2 Å². The van der Waals surface area contributed by atoms with E-state index in [0.717, 1.165) is 17.9 Å². The molecule has 0 N–H and O–H groups in total. The molecule has 124 valence electrons. The Bertz CT molecular complexity index is 751. The third-order valence-electron chi connectivity index (χ3n) is 3.72. The first-order chi connectivity index (χ1) is 11.7. The Hall–Kier alpha value is -2.76. The number of aliphatic imine (C=N–C) groups is 1. The van der Waals surface area contributed by atoms with Gasteiger partial charge in [-0.2, -0.15) is 10.1 Å². The fourth-order valence-corrected chi connectivity index (χ4v) is 2.54. The van der Waals surface area contributed by atoms with Gasteiger partial charge >= 0.3 is 0 Å². The predicted octanol–water partition coefficient (Wildman–Crippen LogP) is 3.81. The van der Waals surface area contributed by atoms with Crippen LogP contribution in [-0.4, -0.2) is 17.8 Å². The van der Waals surface area contributed by atoms with E-state index in [4.69, 9.17) is 4.42 Å². The van der Waals surface area contributed by atoms with E-state index in [2.05, 4.69) is 10.1 Å². The molecule has 1 aromatic heterocycles. The van der Waals surface area contributed by atoms with Gasteiger partial charge in [0, 0.05) is 6.21 Å². The highest BCUT2D eigenvalue weighted by Crippen LogP contribution is 2.25. The third kappa shape index (κ3) is 3.42. The van der Waals surface area contributed by atoms with Crippen LogP contribution in [-0.2, 0) is 11.3 Å². The SMILES string of the molecule is CCCC1=NN(c2ccc(F)cc2)C(=O)[C@@H]1C=NCc1ccco1. The monoisotopic (exact) mass is 327 g/mol. The maximum Gasteiger partial charge on any atom is 0.261 e. The van der Waals surface area contributed by atoms with E-state index < -0.39 is 5.92 Å². The topological polar surface area (TPSA) is 58.2 Å². The molecule has 24 heavy (non-hydrogen) atoms. The fraction of sp³-hybridized carbons (Fsp3) is 0.278. The average Bonchev–Trinajstić information content (AvgIpc) is 3.19. The molecule has 2 aromatic rings. The maximum absolute atomic E-state index is 13.1. The average molecular weight is 327 g/mol. The lowest BCUT2D eigenvalue weighted by atomic mass is 10.0. The zero-order chi connectivity index (χ0) is 16.9. The van der Waals surface area contributed by atoms with Gasteiger partial charge in [-0.3, -0.25) is 9.79 Å². The lowest BCUT2D eigenvalue weighted by molar-refractivity contribution is -0.118. The van der Waals surface area contributed by atoms with Crippen LogP contribution in [0.5, 0.6) is 0 Å². The summed E-state index contributed by atoms with van der Waals surface area (Å²) in [5.74, 6) is -0.265. The first-order valence-electron chi connectivity index (χ1n) is 7.88. The van der Waals surface area contributed by atoms with Crippen molar-refractivity contribution in [2.45, 2.75) is 26.3 Å². The zero-order valence-corrected chi connectivity index (χ0v) is 13.4. The molecule has 0 saturated carbocycles. The minimum Gasteiger partial charge on any atom is -0.467 e. The molecule has 0 saturated heterocycles. The van der Waals surface area contributed by atoms with Crippen LogP contribution in [0.2, 0.25) is 0 Å². The highest BCUT2D eigenvalue weighted by atomic mass is 19.1. The Morgan fingerprint density at radius 1 is 1.33 bits per heavy atom. The number of hydrazone groups is 1. The molecule has 1 aliphatic heterocycles. The predicted molar refractivity (Wildman–Crippen MR) is 90.6 cm³/mol.